The third kappa shape index (κ3) is 4.14. The van der Waals surface area contributed by atoms with E-state index in [0.29, 0.717) is 25.2 Å². The lowest BCUT2D eigenvalue weighted by Crippen LogP contribution is -2.38. The van der Waals surface area contributed by atoms with E-state index in [2.05, 4.69) is 25.3 Å². The largest absolute Gasteiger partial charge is 0.351 e. The van der Waals surface area contributed by atoms with E-state index in [1.165, 1.54) is 25.6 Å². The van der Waals surface area contributed by atoms with Crippen molar-refractivity contribution in [3.8, 4) is 0 Å². The summed E-state index contributed by atoms with van der Waals surface area (Å²) in [6.45, 7) is 3.15. The number of aromatic nitrogens is 4. The van der Waals surface area contributed by atoms with E-state index in [1.807, 2.05) is 4.90 Å². The number of likely N-dealkylation sites (tertiary alicyclic amines) is 1. The van der Waals surface area contributed by atoms with Crippen molar-refractivity contribution >= 4 is 11.8 Å². The van der Waals surface area contributed by atoms with Crippen molar-refractivity contribution in [2.45, 2.75) is 32.2 Å². The number of carbonyl (C=O) groups excluding carboxylic acids is 2. The highest BCUT2D eigenvalue weighted by Crippen LogP contribution is 2.28. The molecule has 1 N–H and O–H groups in total. The molecule has 2 aromatic rings. The summed E-state index contributed by atoms with van der Waals surface area (Å²) in [6.07, 6.45) is 9.41. The molecule has 25 heavy (non-hydrogen) atoms. The Hall–Kier alpha value is -2.90. The molecule has 0 spiro atoms. The maximum atomic E-state index is 12.5. The van der Waals surface area contributed by atoms with Crippen LogP contribution in [0, 0.1) is 0 Å². The van der Waals surface area contributed by atoms with Crippen LogP contribution in [-0.2, 0) is 11.3 Å². The summed E-state index contributed by atoms with van der Waals surface area (Å²) in [5.74, 6) is 0.0901. The Morgan fingerprint density at radius 2 is 1.84 bits per heavy atom. The van der Waals surface area contributed by atoms with Crippen LogP contribution in [0.3, 0.4) is 0 Å². The maximum Gasteiger partial charge on any atom is 0.256 e. The topological polar surface area (TPSA) is 101 Å². The minimum absolute atomic E-state index is 0.0448. The first-order chi connectivity index (χ1) is 12.1. The highest BCUT2D eigenvalue weighted by molar-refractivity contribution is 5.93. The summed E-state index contributed by atoms with van der Waals surface area (Å²) in [4.78, 5) is 42.0. The number of hydrogen-bond acceptors (Lipinski definition) is 6. The number of amides is 2. The lowest BCUT2D eigenvalue weighted by molar-refractivity contribution is -0.119. The van der Waals surface area contributed by atoms with Gasteiger partial charge < -0.3 is 10.2 Å². The van der Waals surface area contributed by atoms with Gasteiger partial charge >= 0.3 is 0 Å². The second-order valence-electron chi connectivity index (χ2n) is 5.99. The van der Waals surface area contributed by atoms with E-state index >= 15 is 0 Å². The van der Waals surface area contributed by atoms with Gasteiger partial charge in [-0.05, 0) is 12.8 Å². The first kappa shape index (κ1) is 16.9. The molecule has 8 heteroatoms. The molecule has 0 bridgehead atoms. The van der Waals surface area contributed by atoms with E-state index in [0.717, 1.165) is 24.2 Å². The molecule has 130 valence electrons. The zero-order chi connectivity index (χ0) is 17.6. The van der Waals surface area contributed by atoms with Gasteiger partial charge in [-0.1, -0.05) is 0 Å². The molecule has 3 rings (SSSR count). The van der Waals surface area contributed by atoms with Gasteiger partial charge in [0, 0.05) is 50.7 Å². The van der Waals surface area contributed by atoms with Crippen LogP contribution in [0.25, 0.3) is 0 Å². The van der Waals surface area contributed by atoms with Crippen molar-refractivity contribution in [2.24, 2.45) is 0 Å². The first-order valence-corrected chi connectivity index (χ1v) is 8.23. The molecule has 2 aromatic heterocycles. The summed E-state index contributed by atoms with van der Waals surface area (Å²) in [6, 6.07) is 0. The number of carbonyl (C=O) groups is 2. The van der Waals surface area contributed by atoms with Gasteiger partial charge in [-0.3, -0.25) is 19.6 Å². The molecule has 8 nitrogen and oxygen atoms in total. The Morgan fingerprint density at radius 3 is 2.52 bits per heavy atom. The standard InChI is InChI=1S/C17H20N6O2/c1-12(24)22-10-15-16(21-5-4-20-15)13-2-6-23(7-3-13)17(25)14-8-18-11-19-9-14/h4-5,8-9,11,13H,2-3,6-7,10H2,1H3,(H,22,24). The Morgan fingerprint density at radius 1 is 1.16 bits per heavy atom. The quantitative estimate of drug-likeness (QED) is 0.888. The summed E-state index contributed by atoms with van der Waals surface area (Å²) >= 11 is 0. The van der Waals surface area contributed by atoms with Crippen molar-refractivity contribution < 1.29 is 9.59 Å². The number of nitrogens with one attached hydrogen (secondary N) is 1. The number of rotatable bonds is 4. The number of piperidine rings is 1. The van der Waals surface area contributed by atoms with E-state index in [4.69, 9.17) is 0 Å². The number of nitrogens with zero attached hydrogens (tertiary/aromatic N) is 5. The van der Waals surface area contributed by atoms with E-state index in [-0.39, 0.29) is 17.7 Å². The van der Waals surface area contributed by atoms with Gasteiger partial charge in [-0.15, -0.1) is 0 Å². The summed E-state index contributed by atoms with van der Waals surface area (Å²) < 4.78 is 0. The SMILES string of the molecule is CC(=O)NCc1nccnc1C1CCN(C(=O)c2cncnc2)CC1. The third-order valence-electron chi connectivity index (χ3n) is 4.29. The molecule has 3 heterocycles. The molecule has 1 fully saturated rings. The number of hydrogen-bond donors (Lipinski definition) is 1. The van der Waals surface area contributed by atoms with Crippen molar-refractivity contribution in [2.75, 3.05) is 13.1 Å². The van der Waals surface area contributed by atoms with Crippen molar-refractivity contribution in [1.29, 1.82) is 0 Å². The average Bonchev–Trinajstić information content (AvgIpc) is 2.67. The second-order valence-corrected chi connectivity index (χ2v) is 5.99. The molecule has 0 radical (unpaired) electrons. The monoisotopic (exact) mass is 340 g/mol. The fourth-order valence-electron chi connectivity index (χ4n) is 3.01. The summed E-state index contributed by atoms with van der Waals surface area (Å²) in [7, 11) is 0. The van der Waals surface area contributed by atoms with Gasteiger partial charge in [0.25, 0.3) is 5.91 Å². The van der Waals surface area contributed by atoms with Gasteiger partial charge in [0.1, 0.15) is 6.33 Å². The molecule has 0 unspecified atom stereocenters. The molecular formula is C17H20N6O2. The first-order valence-electron chi connectivity index (χ1n) is 8.23. The minimum atomic E-state index is -0.0953. The van der Waals surface area contributed by atoms with E-state index in [1.54, 1.807) is 12.4 Å². The van der Waals surface area contributed by atoms with Crippen molar-refractivity contribution in [1.82, 2.24) is 30.2 Å². The van der Waals surface area contributed by atoms with Gasteiger partial charge in [0.2, 0.25) is 5.91 Å². The molecule has 2 amide bonds. The Balaban J connectivity index is 1.65. The smallest absolute Gasteiger partial charge is 0.256 e. The maximum absolute atomic E-state index is 12.5. The van der Waals surface area contributed by atoms with Gasteiger partial charge in [-0.2, -0.15) is 0 Å². The second kappa shape index (κ2) is 7.78. The van der Waals surface area contributed by atoms with Crippen molar-refractivity contribution in [3.05, 3.63) is 48.1 Å². The van der Waals surface area contributed by atoms with Crippen LogP contribution < -0.4 is 5.32 Å². The lowest BCUT2D eigenvalue weighted by Gasteiger charge is -2.32. The van der Waals surface area contributed by atoms with Crippen LogP contribution in [0.15, 0.2) is 31.1 Å². The van der Waals surface area contributed by atoms with Crippen LogP contribution in [-0.4, -0.2) is 49.7 Å². The minimum Gasteiger partial charge on any atom is -0.351 e. The molecular weight excluding hydrogens is 320 g/mol. The fraction of sp³-hybridized carbons (Fsp3) is 0.412. The van der Waals surface area contributed by atoms with Crippen LogP contribution in [0.5, 0.6) is 0 Å². The van der Waals surface area contributed by atoms with Crippen LogP contribution in [0.4, 0.5) is 0 Å². The summed E-state index contributed by atoms with van der Waals surface area (Å²) in [5.41, 5.74) is 2.21. The van der Waals surface area contributed by atoms with Crippen LogP contribution >= 0.6 is 0 Å². The molecule has 0 atom stereocenters. The Labute approximate surface area is 145 Å². The van der Waals surface area contributed by atoms with Gasteiger partial charge in [0.15, 0.2) is 0 Å². The molecule has 0 aliphatic carbocycles. The van der Waals surface area contributed by atoms with Crippen molar-refractivity contribution in [3.63, 3.8) is 0 Å². The predicted octanol–water partition coefficient (Wildman–Crippen LogP) is 0.922. The predicted molar refractivity (Wildman–Crippen MR) is 89.5 cm³/mol. The highest BCUT2D eigenvalue weighted by Gasteiger charge is 2.27. The van der Waals surface area contributed by atoms with Gasteiger partial charge in [0.05, 0.1) is 23.5 Å². The molecule has 1 aliphatic rings. The van der Waals surface area contributed by atoms with Crippen LogP contribution in [0.1, 0.15) is 47.4 Å². The Bertz CT molecular complexity index is 744. The van der Waals surface area contributed by atoms with Gasteiger partial charge in [-0.25, -0.2) is 9.97 Å². The zero-order valence-corrected chi connectivity index (χ0v) is 14.1. The lowest BCUT2D eigenvalue weighted by atomic mass is 9.91. The normalized spacial score (nSPS) is 15.0. The molecule has 0 aromatic carbocycles. The average molecular weight is 340 g/mol. The zero-order valence-electron chi connectivity index (χ0n) is 14.1. The highest BCUT2D eigenvalue weighted by atomic mass is 16.2. The summed E-state index contributed by atoms with van der Waals surface area (Å²) in [5, 5.41) is 2.77. The molecule has 1 saturated heterocycles. The third-order valence-corrected chi connectivity index (χ3v) is 4.29. The fourth-order valence-corrected chi connectivity index (χ4v) is 3.01. The Kier molecular flexibility index (Phi) is 5.27. The molecule has 1 aliphatic heterocycles. The van der Waals surface area contributed by atoms with Crippen LogP contribution in [0.2, 0.25) is 0 Å². The molecule has 0 saturated carbocycles. The van der Waals surface area contributed by atoms with E-state index < -0.39 is 0 Å². The van der Waals surface area contributed by atoms with E-state index in [9.17, 15) is 9.59 Å².